The Hall–Kier alpha value is -1.56. The standard InChI is InChI=1S/C13H17F3N2O/c1-2-3-9(8-17)12(19)18-11-6-4-10(5-7-11)13(14,15)16/h4-7,9H,2-3,8,17H2,1H3,(H,18,19). The van der Waals surface area contributed by atoms with Crippen LogP contribution >= 0.6 is 0 Å². The molecule has 3 nitrogen and oxygen atoms in total. The van der Waals surface area contributed by atoms with Crippen LogP contribution in [0.3, 0.4) is 0 Å². The minimum Gasteiger partial charge on any atom is -0.330 e. The van der Waals surface area contributed by atoms with Gasteiger partial charge in [-0.25, -0.2) is 0 Å². The number of benzene rings is 1. The minimum absolute atomic E-state index is 0.223. The number of hydrogen-bond donors (Lipinski definition) is 2. The maximum absolute atomic E-state index is 12.4. The minimum atomic E-state index is -4.37. The van der Waals surface area contributed by atoms with Crippen molar-refractivity contribution in [3.05, 3.63) is 29.8 Å². The molecule has 0 bridgehead atoms. The summed E-state index contributed by atoms with van der Waals surface area (Å²) >= 11 is 0. The Kier molecular flexibility index (Phi) is 5.35. The molecule has 1 rings (SSSR count). The Balaban J connectivity index is 2.70. The van der Waals surface area contributed by atoms with Gasteiger partial charge in [-0.1, -0.05) is 13.3 Å². The van der Waals surface area contributed by atoms with Gasteiger partial charge in [0.05, 0.1) is 11.5 Å². The number of halogens is 3. The van der Waals surface area contributed by atoms with Gasteiger partial charge in [0.15, 0.2) is 0 Å². The highest BCUT2D eigenvalue weighted by Gasteiger charge is 2.30. The summed E-state index contributed by atoms with van der Waals surface area (Å²) < 4.78 is 37.1. The molecule has 0 radical (unpaired) electrons. The summed E-state index contributed by atoms with van der Waals surface area (Å²) in [5.41, 5.74) is 5.08. The number of rotatable bonds is 5. The monoisotopic (exact) mass is 274 g/mol. The van der Waals surface area contributed by atoms with E-state index in [1.807, 2.05) is 6.92 Å². The third-order valence-electron chi connectivity index (χ3n) is 2.77. The fraction of sp³-hybridized carbons (Fsp3) is 0.462. The first-order valence-electron chi connectivity index (χ1n) is 6.06. The molecule has 1 unspecified atom stereocenters. The highest BCUT2D eigenvalue weighted by molar-refractivity contribution is 5.92. The predicted octanol–water partition coefficient (Wildman–Crippen LogP) is 3.02. The number of carbonyl (C=O) groups is 1. The van der Waals surface area contributed by atoms with Gasteiger partial charge < -0.3 is 11.1 Å². The quantitative estimate of drug-likeness (QED) is 0.867. The van der Waals surface area contributed by atoms with Crippen LogP contribution in [0.2, 0.25) is 0 Å². The van der Waals surface area contributed by atoms with Crippen molar-refractivity contribution >= 4 is 11.6 Å². The van der Waals surface area contributed by atoms with Crippen LogP contribution in [-0.2, 0) is 11.0 Å². The van der Waals surface area contributed by atoms with Crippen LogP contribution in [0, 0.1) is 5.92 Å². The number of carbonyl (C=O) groups excluding carboxylic acids is 1. The number of hydrogen-bond acceptors (Lipinski definition) is 2. The van der Waals surface area contributed by atoms with Crippen molar-refractivity contribution in [1.29, 1.82) is 0 Å². The number of anilines is 1. The van der Waals surface area contributed by atoms with Crippen molar-refractivity contribution in [2.75, 3.05) is 11.9 Å². The Morgan fingerprint density at radius 1 is 1.32 bits per heavy atom. The van der Waals surface area contributed by atoms with Gasteiger partial charge in [0, 0.05) is 12.2 Å². The summed E-state index contributed by atoms with van der Waals surface area (Å²) in [5.74, 6) is -0.573. The van der Waals surface area contributed by atoms with Crippen LogP contribution in [0.25, 0.3) is 0 Å². The van der Waals surface area contributed by atoms with Crippen LogP contribution in [0.15, 0.2) is 24.3 Å². The second-order valence-electron chi connectivity index (χ2n) is 4.29. The maximum Gasteiger partial charge on any atom is 0.416 e. The van der Waals surface area contributed by atoms with E-state index in [-0.39, 0.29) is 18.4 Å². The van der Waals surface area contributed by atoms with E-state index in [1.165, 1.54) is 12.1 Å². The molecule has 0 saturated heterocycles. The predicted molar refractivity (Wildman–Crippen MR) is 67.5 cm³/mol. The van der Waals surface area contributed by atoms with Gasteiger partial charge in [-0.05, 0) is 30.7 Å². The van der Waals surface area contributed by atoms with Crippen LogP contribution in [0.1, 0.15) is 25.3 Å². The van der Waals surface area contributed by atoms with Gasteiger partial charge in [-0.2, -0.15) is 13.2 Å². The molecule has 0 aliphatic carbocycles. The van der Waals surface area contributed by atoms with Gasteiger partial charge >= 0.3 is 6.18 Å². The lowest BCUT2D eigenvalue weighted by atomic mass is 10.0. The Labute approximate surface area is 110 Å². The molecule has 0 aliphatic heterocycles. The SMILES string of the molecule is CCCC(CN)C(=O)Nc1ccc(C(F)(F)F)cc1. The molecule has 1 amide bonds. The molecule has 0 fully saturated rings. The molecule has 0 spiro atoms. The van der Waals surface area contributed by atoms with E-state index < -0.39 is 11.7 Å². The zero-order valence-corrected chi connectivity index (χ0v) is 10.6. The van der Waals surface area contributed by atoms with Gasteiger partial charge in [-0.15, -0.1) is 0 Å². The first-order chi connectivity index (χ1) is 8.88. The Morgan fingerprint density at radius 3 is 2.32 bits per heavy atom. The van der Waals surface area contributed by atoms with Crippen LogP contribution < -0.4 is 11.1 Å². The van der Waals surface area contributed by atoms with Gasteiger partial charge in [0.25, 0.3) is 0 Å². The zero-order chi connectivity index (χ0) is 14.5. The number of nitrogens with one attached hydrogen (secondary N) is 1. The van der Waals surface area contributed by atoms with Crippen molar-refractivity contribution in [2.45, 2.75) is 25.9 Å². The third kappa shape index (κ3) is 4.55. The summed E-state index contributed by atoms with van der Waals surface area (Å²) in [5, 5.41) is 2.57. The normalized spacial score (nSPS) is 13.1. The first kappa shape index (κ1) is 15.5. The molecule has 19 heavy (non-hydrogen) atoms. The molecular formula is C13H17F3N2O. The molecule has 106 valence electrons. The number of amides is 1. The van der Waals surface area contributed by atoms with Crippen molar-refractivity contribution in [3.8, 4) is 0 Å². The van der Waals surface area contributed by atoms with Gasteiger partial charge in [-0.3, -0.25) is 4.79 Å². The highest BCUT2D eigenvalue weighted by Crippen LogP contribution is 2.29. The Morgan fingerprint density at radius 2 is 1.89 bits per heavy atom. The fourth-order valence-electron chi connectivity index (χ4n) is 1.69. The summed E-state index contributed by atoms with van der Waals surface area (Å²) in [6, 6.07) is 4.35. The molecule has 0 saturated carbocycles. The molecule has 1 aromatic carbocycles. The van der Waals surface area contributed by atoms with Gasteiger partial charge in [0.2, 0.25) is 5.91 Å². The summed E-state index contributed by atoms with van der Waals surface area (Å²) in [6.07, 6.45) is -2.89. The lowest BCUT2D eigenvalue weighted by molar-refractivity contribution is -0.137. The molecule has 6 heteroatoms. The topological polar surface area (TPSA) is 55.1 Å². The van der Waals surface area contributed by atoms with Crippen molar-refractivity contribution in [2.24, 2.45) is 11.7 Å². The lowest BCUT2D eigenvalue weighted by Gasteiger charge is -2.14. The lowest BCUT2D eigenvalue weighted by Crippen LogP contribution is -2.29. The molecule has 0 aliphatic rings. The van der Waals surface area contributed by atoms with Crippen LogP contribution in [0.5, 0.6) is 0 Å². The van der Waals surface area contributed by atoms with Crippen LogP contribution in [-0.4, -0.2) is 12.5 Å². The first-order valence-corrected chi connectivity index (χ1v) is 6.06. The van der Waals surface area contributed by atoms with Gasteiger partial charge in [0.1, 0.15) is 0 Å². The van der Waals surface area contributed by atoms with Crippen molar-refractivity contribution in [1.82, 2.24) is 0 Å². The van der Waals surface area contributed by atoms with E-state index in [0.717, 1.165) is 18.6 Å². The largest absolute Gasteiger partial charge is 0.416 e. The number of nitrogens with two attached hydrogens (primary N) is 1. The maximum atomic E-state index is 12.4. The number of alkyl halides is 3. The summed E-state index contributed by atoms with van der Waals surface area (Å²) in [6.45, 7) is 2.16. The molecule has 1 aromatic rings. The molecule has 1 atom stereocenters. The second kappa shape index (κ2) is 6.56. The molecule has 0 aromatic heterocycles. The summed E-state index contributed by atoms with van der Waals surface area (Å²) in [4.78, 5) is 11.8. The van der Waals surface area contributed by atoms with E-state index in [9.17, 15) is 18.0 Å². The van der Waals surface area contributed by atoms with E-state index in [0.29, 0.717) is 12.1 Å². The molecule has 0 heterocycles. The average Bonchev–Trinajstić information content (AvgIpc) is 2.35. The van der Waals surface area contributed by atoms with E-state index >= 15 is 0 Å². The summed E-state index contributed by atoms with van der Waals surface area (Å²) in [7, 11) is 0. The fourth-order valence-corrected chi connectivity index (χ4v) is 1.69. The van der Waals surface area contributed by atoms with Crippen molar-refractivity contribution < 1.29 is 18.0 Å². The molecular weight excluding hydrogens is 257 g/mol. The van der Waals surface area contributed by atoms with Crippen LogP contribution in [0.4, 0.5) is 18.9 Å². The van der Waals surface area contributed by atoms with Crippen molar-refractivity contribution in [3.63, 3.8) is 0 Å². The van der Waals surface area contributed by atoms with E-state index in [1.54, 1.807) is 0 Å². The zero-order valence-electron chi connectivity index (χ0n) is 10.6. The highest BCUT2D eigenvalue weighted by atomic mass is 19.4. The third-order valence-corrected chi connectivity index (χ3v) is 2.77. The Bertz CT molecular complexity index is 415. The van der Waals surface area contributed by atoms with E-state index in [2.05, 4.69) is 5.32 Å². The second-order valence-corrected chi connectivity index (χ2v) is 4.29. The molecule has 3 N–H and O–H groups in total. The smallest absolute Gasteiger partial charge is 0.330 e. The average molecular weight is 274 g/mol. The van der Waals surface area contributed by atoms with E-state index in [4.69, 9.17) is 5.73 Å².